The lowest BCUT2D eigenvalue weighted by atomic mass is 10.2. The fourth-order valence-corrected chi connectivity index (χ4v) is 2.62. The average Bonchev–Trinajstić information content (AvgIpc) is 3.08. The van der Waals surface area contributed by atoms with Gasteiger partial charge in [-0.1, -0.05) is 11.2 Å². The molecule has 2 aromatic carbocycles. The maximum atomic E-state index is 5.66. The molecule has 1 aromatic heterocycles. The van der Waals surface area contributed by atoms with Crippen LogP contribution in [-0.4, -0.2) is 24.4 Å². The molecular formula is C17H15IN2O4. The molecule has 0 aliphatic carbocycles. The molecule has 0 bridgehead atoms. The molecule has 0 aliphatic heterocycles. The Morgan fingerprint density at radius 2 is 1.92 bits per heavy atom. The Morgan fingerprint density at radius 3 is 2.67 bits per heavy atom. The minimum atomic E-state index is 0.200. The first kappa shape index (κ1) is 16.6. The number of hydrogen-bond acceptors (Lipinski definition) is 6. The van der Waals surface area contributed by atoms with Crippen LogP contribution in [0.3, 0.4) is 0 Å². The Kier molecular flexibility index (Phi) is 5.19. The number of nitrogens with zero attached hydrogens (tertiary/aromatic N) is 2. The van der Waals surface area contributed by atoms with Crippen molar-refractivity contribution in [1.82, 2.24) is 10.1 Å². The third-order valence-electron chi connectivity index (χ3n) is 3.28. The number of rotatable bonds is 6. The molecule has 124 valence electrons. The summed E-state index contributed by atoms with van der Waals surface area (Å²) in [6.45, 7) is 0.200. The van der Waals surface area contributed by atoms with Gasteiger partial charge in [0, 0.05) is 9.64 Å². The average molecular weight is 438 g/mol. The summed E-state index contributed by atoms with van der Waals surface area (Å²) in [5.41, 5.74) is 0.725. The first-order valence-electron chi connectivity index (χ1n) is 7.13. The standard InChI is InChI=1S/C17H15IN2O4/c1-21-12-6-7-14(15(9-12)22-2)17-19-16(24-20-17)10-23-13-5-3-4-11(18)8-13/h3-9H,10H2,1-2H3. The van der Waals surface area contributed by atoms with Crippen molar-refractivity contribution in [3.05, 3.63) is 51.9 Å². The van der Waals surface area contributed by atoms with Gasteiger partial charge in [-0.3, -0.25) is 0 Å². The second kappa shape index (κ2) is 7.52. The van der Waals surface area contributed by atoms with E-state index in [2.05, 4.69) is 32.7 Å². The van der Waals surface area contributed by atoms with Gasteiger partial charge in [0.25, 0.3) is 5.89 Å². The van der Waals surface area contributed by atoms with Gasteiger partial charge in [0.2, 0.25) is 5.82 Å². The van der Waals surface area contributed by atoms with Crippen LogP contribution in [0, 0.1) is 3.57 Å². The largest absolute Gasteiger partial charge is 0.497 e. The first-order chi connectivity index (χ1) is 11.7. The molecule has 7 heteroatoms. The topological polar surface area (TPSA) is 66.6 Å². The molecule has 0 saturated carbocycles. The zero-order valence-electron chi connectivity index (χ0n) is 13.2. The summed E-state index contributed by atoms with van der Waals surface area (Å²) in [6, 6.07) is 13.2. The van der Waals surface area contributed by atoms with Crippen LogP contribution >= 0.6 is 22.6 Å². The molecule has 0 fully saturated rings. The van der Waals surface area contributed by atoms with Gasteiger partial charge in [0.15, 0.2) is 6.61 Å². The van der Waals surface area contributed by atoms with Crippen molar-refractivity contribution in [2.75, 3.05) is 14.2 Å². The second-order valence-electron chi connectivity index (χ2n) is 4.82. The summed E-state index contributed by atoms with van der Waals surface area (Å²) in [6.07, 6.45) is 0. The number of benzene rings is 2. The Bertz CT molecular complexity index is 835. The molecule has 0 unspecified atom stereocenters. The summed E-state index contributed by atoms with van der Waals surface area (Å²) >= 11 is 2.23. The maximum absolute atomic E-state index is 5.66. The van der Waals surface area contributed by atoms with Gasteiger partial charge in [-0.15, -0.1) is 0 Å². The van der Waals surface area contributed by atoms with E-state index in [1.54, 1.807) is 20.3 Å². The molecule has 3 rings (SSSR count). The molecular weight excluding hydrogens is 423 g/mol. The maximum Gasteiger partial charge on any atom is 0.264 e. The van der Waals surface area contributed by atoms with Crippen LogP contribution in [0.2, 0.25) is 0 Å². The molecule has 24 heavy (non-hydrogen) atoms. The van der Waals surface area contributed by atoms with Crippen molar-refractivity contribution < 1.29 is 18.7 Å². The van der Waals surface area contributed by atoms with Crippen LogP contribution < -0.4 is 14.2 Å². The Hall–Kier alpha value is -2.29. The van der Waals surface area contributed by atoms with Crippen LogP contribution in [0.25, 0.3) is 11.4 Å². The Morgan fingerprint density at radius 1 is 1.04 bits per heavy atom. The number of methoxy groups -OCH3 is 2. The third-order valence-corrected chi connectivity index (χ3v) is 3.95. The van der Waals surface area contributed by atoms with E-state index < -0.39 is 0 Å². The van der Waals surface area contributed by atoms with Gasteiger partial charge in [-0.25, -0.2) is 0 Å². The van der Waals surface area contributed by atoms with Crippen LogP contribution in [-0.2, 0) is 6.61 Å². The third kappa shape index (κ3) is 3.78. The lowest BCUT2D eigenvalue weighted by Gasteiger charge is -2.07. The predicted molar refractivity (Wildman–Crippen MR) is 96.3 cm³/mol. The van der Waals surface area contributed by atoms with Crippen molar-refractivity contribution in [1.29, 1.82) is 0 Å². The van der Waals surface area contributed by atoms with Gasteiger partial charge >= 0.3 is 0 Å². The highest BCUT2D eigenvalue weighted by Crippen LogP contribution is 2.31. The van der Waals surface area contributed by atoms with Gasteiger partial charge in [-0.2, -0.15) is 4.98 Å². The number of ether oxygens (including phenoxy) is 3. The highest BCUT2D eigenvalue weighted by atomic mass is 127. The van der Waals surface area contributed by atoms with Crippen molar-refractivity contribution >= 4 is 22.6 Å². The fraction of sp³-hybridized carbons (Fsp3) is 0.176. The van der Waals surface area contributed by atoms with Crippen molar-refractivity contribution in [3.63, 3.8) is 0 Å². The summed E-state index contributed by atoms with van der Waals surface area (Å²) < 4.78 is 22.6. The van der Waals surface area contributed by atoms with Crippen molar-refractivity contribution in [2.24, 2.45) is 0 Å². The second-order valence-corrected chi connectivity index (χ2v) is 6.07. The number of hydrogen-bond donors (Lipinski definition) is 0. The zero-order valence-corrected chi connectivity index (χ0v) is 15.3. The van der Waals surface area contributed by atoms with E-state index in [0.29, 0.717) is 23.2 Å². The monoisotopic (exact) mass is 438 g/mol. The van der Waals surface area contributed by atoms with E-state index >= 15 is 0 Å². The zero-order chi connectivity index (χ0) is 16.9. The van der Waals surface area contributed by atoms with Gasteiger partial charge in [0.05, 0.1) is 19.8 Å². The molecule has 0 saturated heterocycles. The van der Waals surface area contributed by atoms with E-state index in [1.165, 1.54) is 0 Å². The molecule has 0 spiro atoms. The minimum absolute atomic E-state index is 0.200. The van der Waals surface area contributed by atoms with E-state index in [9.17, 15) is 0 Å². The van der Waals surface area contributed by atoms with Gasteiger partial charge < -0.3 is 18.7 Å². The minimum Gasteiger partial charge on any atom is -0.497 e. The predicted octanol–water partition coefficient (Wildman–Crippen LogP) is 3.94. The highest BCUT2D eigenvalue weighted by molar-refractivity contribution is 14.1. The quantitative estimate of drug-likeness (QED) is 0.544. The number of halogens is 1. The molecule has 0 N–H and O–H groups in total. The SMILES string of the molecule is COc1ccc(-c2noc(COc3cccc(I)c3)n2)c(OC)c1. The van der Waals surface area contributed by atoms with Crippen LogP contribution in [0.15, 0.2) is 47.0 Å². The molecule has 0 amide bonds. The summed E-state index contributed by atoms with van der Waals surface area (Å²) in [7, 11) is 3.18. The first-order valence-corrected chi connectivity index (χ1v) is 8.21. The van der Waals surface area contributed by atoms with Crippen LogP contribution in [0.5, 0.6) is 17.2 Å². The van der Waals surface area contributed by atoms with E-state index in [4.69, 9.17) is 18.7 Å². The van der Waals surface area contributed by atoms with E-state index in [1.807, 2.05) is 36.4 Å². The van der Waals surface area contributed by atoms with Crippen molar-refractivity contribution in [3.8, 4) is 28.6 Å². The smallest absolute Gasteiger partial charge is 0.264 e. The normalized spacial score (nSPS) is 10.5. The molecule has 3 aromatic rings. The Balaban J connectivity index is 1.76. The van der Waals surface area contributed by atoms with Gasteiger partial charge in [0.1, 0.15) is 17.2 Å². The molecule has 0 radical (unpaired) electrons. The van der Waals surface area contributed by atoms with E-state index in [-0.39, 0.29) is 6.61 Å². The fourth-order valence-electron chi connectivity index (χ4n) is 2.11. The summed E-state index contributed by atoms with van der Waals surface area (Å²) in [4.78, 5) is 4.36. The molecule has 0 atom stereocenters. The van der Waals surface area contributed by atoms with Crippen LogP contribution in [0.4, 0.5) is 0 Å². The lowest BCUT2D eigenvalue weighted by molar-refractivity contribution is 0.243. The van der Waals surface area contributed by atoms with Gasteiger partial charge in [-0.05, 0) is 52.9 Å². The Labute approximate surface area is 152 Å². The summed E-state index contributed by atoms with van der Waals surface area (Å²) in [5.74, 6) is 2.89. The molecule has 6 nitrogen and oxygen atoms in total. The highest BCUT2D eigenvalue weighted by Gasteiger charge is 2.14. The summed E-state index contributed by atoms with van der Waals surface area (Å²) in [5, 5.41) is 3.99. The molecule has 0 aliphatic rings. The number of aromatic nitrogens is 2. The lowest BCUT2D eigenvalue weighted by Crippen LogP contribution is -1.96. The van der Waals surface area contributed by atoms with E-state index in [0.717, 1.165) is 14.9 Å². The van der Waals surface area contributed by atoms with Crippen LogP contribution in [0.1, 0.15) is 5.89 Å². The van der Waals surface area contributed by atoms with Crippen molar-refractivity contribution in [2.45, 2.75) is 6.61 Å². The molecule has 1 heterocycles.